The number of rotatable bonds is 3. The van der Waals surface area contributed by atoms with Crippen molar-refractivity contribution in [1.82, 2.24) is 15.0 Å². The van der Waals surface area contributed by atoms with Gasteiger partial charge in [-0.25, -0.2) is 0 Å². The van der Waals surface area contributed by atoms with Crippen molar-refractivity contribution in [1.29, 1.82) is 0 Å². The second kappa shape index (κ2) is 5.66. The summed E-state index contributed by atoms with van der Waals surface area (Å²) in [5, 5.41) is 28.9. The molecule has 120 valence electrons. The SMILES string of the molecule is O=C(c1cc([N+](=O)[O-])cc([N+](=O)[O-])c1Cl)n1nnc2ccccc21. The average molecular weight is 348 g/mol. The fourth-order valence-electron chi connectivity index (χ4n) is 2.12. The number of benzene rings is 2. The Morgan fingerprint density at radius 2 is 1.83 bits per heavy atom. The topological polar surface area (TPSA) is 134 Å². The van der Waals surface area contributed by atoms with Crippen LogP contribution < -0.4 is 0 Å². The van der Waals surface area contributed by atoms with Gasteiger partial charge in [0, 0.05) is 6.07 Å². The number of hydrogen-bond acceptors (Lipinski definition) is 7. The van der Waals surface area contributed by atoms with Gasteiger partial charge in [-0.3, -0.25) is 25.0 Å². The Morgan fingerprint density at radius 1 is 1.12 bits per heavy atom. The van der Waals surface area contributed by atoms with Crippen LogP contribution in [0.4, 0.5) is 11.4 Å². The van der Waals surface area contributed by atoms with Crippen LogP contribution in [0.1, 0.15) is 10.4 Å². The lowest BCUT2D eigenvalue weighted by Crippen LogP contribution is -2.15. The van der Waals surface area contributed by atoms with Gasteiger partial charge >= 0.3 is 0 Å². The van der Waals surface area contributed by atoms with Gasteiger partial charge in [-0.1, -0.05) is 28.9 Å². The van der Waals surface area contributed by atoms with E-state index in [0.29, 0.717) is 17.1 Å². The molecule has 24 heavy (non-hydrogen) atoms. The van der Waals surface area contributed by atoms with Crippen molar-refractivity contribution >= 4 is 39.9 Å². The average Bonchev–Trinajstić information content (AvgIpc) is 2.98. The van der Waals surface area contributed by atoms with Crippen molar-refractivity contribution in [2.45, 2.75) is 0 Å². The van der Waals surface area contributed by atoms with Gasteiger partial charge in [-0.2, -0.15) is 4.68 Å². The molecular formula is C13H6ClN5O5. The first-order valence-electron chi connectivity index (χ1n) is 6.37. The number of para-hydroxylation sites is 1. The smallest absolute Gasteiger partial charge is 0.267 e. The van der Waals surface area contributed by atoms with Crippen LogP contribution in [0.25, 0.3) is 11.0 Å². The third kappa shape index (κ3) is 2.44. The number of halogens is 1. The molecule has 0 bridgehead atoms. The largest absolute Gasteiger partial charge is 0.295 e. The van der Waals surface area contributed by atoms with Crippen LogP contribution in [0.5, 0.6) is 0 Å². The van der Waals surface area contributed by atoms with E-state index in [9.17, 15) is 25.0 Å². The molecule has 10 nitrogen and oxygen atoms in total. The van der Waals surface area contributed by atoms with Crippen LogP contribution in [0.15, 0.2) is 36.4 Å². The van der Waals surface area contributed by atoms with E-state index < -0.39 is 37.7 Å². The predicted octanol–water partition coefficient (Wildman–Crippen LogP) is 2.59. The van der Waals surface area contributed by atoms with Crippen LogP contribution in [-0.4, -0.2) is 30.7 Å². The van der Waals surface area contributed by atoms with Gasteiger partial charge in [0.15, 0.2) is 0 Å². The van der Waals surface area contributed by atoms with E-state index in [1.807, 2.05) is 0 Å². The summed E-state index contributed by atoms with van der Waals surface area (Å²) in [5.74, 6) is -0.861. The molecular weight excluding hydrogens is 342 g/mol. The van der Waals surface area contributed by atoms with Crippen LogP contribution in [-0.2, 0) is 0 Å². The van der Waals surface area contributed by atoms with E-state index in [2.05, 4.69) is 10.3 Å². The number of nitro groups is 2. The summed E-state index contributed by atoms with van der Waals surface area (Å²) in [7, 11) is 0. The summed E-state index contributed by atoms with van der Waals surface area (Å²) >= 11 is 5.90. The number of carbonyl (C=O) groups is 1. The Kier molecular flexibility index (Phi) is 3.66. The lowest BCUT2D eigenvalue weighted by Gasteiger charge is -2.05. The van der Waals surface area contributed by atoms with Gasteiger partial charge in [0.2, 0.25) is 0 Å². The molecule has 0 amide bonds. The van der Waals surface area contributed by atoms with Crippen molar-refractivity contribution < 1.29 is 14.6 Å². The molecule has 0 N–H and O–H groups in total. The Hall–Kier alpha value is -3.40. The highest BCUT2D eigenvalue weighted by atomic mass is 35.5. The predicted molar refractivity (Wildman–Crippen MR) is 82.0 cm³/mol. The number of non-ortho nitro benzene ring substituents is 1. The molecule has 1 heterocycles. The summed E-state index contributed by atoms with van der Waals surface area (Å²) in [6.07, 6.45) is 0. The number of nitro benzene ring substituents is 2. The van der Waals surface area contributed by atoms with Gasteiger partial charge in [-0.05, 0) is 12.1 Å². The van der Waals surface area contributed by atoms with Crippen LogP contribution in [0.3, 0.4) is 0 Å². The zero-order valence-corrected chi connectivity index (χ0v) is 12.4. The highest BCUT2D eigenvalue weighted by Gasteiger charge is 2.28. The number of aromatic nitrogens is 3. The van der Waals surface area contributed by atoms with E-state index in [-0.39, 0.29) is 0 Å². The Labute approximate surface area is 137 Å². The third-order valence-electron chi connectivity index (χ3n) is 3.22. The normalized spacial score (nSPS) is 10.7. The van der Waals surface area contributed by atoms with Crippen molar-refractivity contribution in [3.8, 4) is 0 Å². The Bertz CT molecular complexity index is 1020. The van der Waals surface area contributed by atoms with E-state index in [4.69, 9.17) is 11.6 Å². The fourth-order valence-corrected chi connectivity index (χ4v) is 2.38. The molecule has 0 spiro atoms. The van der Waals surface area contributed by atoms with Crippen LogP contribution in [0.2, 0.25) is 5.02 Å². The molecule has 0 radical (unpaired) electrons. The molecule has 0 saturated carbocycles. The minimum atomic E-state index is -0.897. The van der Waals surface area contributed by atoms with E-state index in [1.54, 1.807) is 24.3 Å². The van der Waals surface area contributed by atoms with Gasteiger partial charge in [0.25, 0.3) is 17.3 Å². The molecule has 3 aromatic rings. The van der Waals surface area contributed by atoms with E-state index in [0.717, 1.165) is 10.7 Å². The first-order valence-corrected chi connectivity index (χ1v) is 6.75. The van der Waals surface area contributed by atoms with Gasteiger partial charge in [-0.15, -0.1) is 5.10 Å². The lowest BCUT2D eigenvalue weighted by molar-refractivity contribution is -0.394. The monoisotopic (exact) mass is 347 g/mol. The van der Waals surface area contributed by atoms with E-state index in [1.165, 1.54) is 0 Å². The summed E-state index contributed by atoms with van der Waals surface area (Å²) in [5.41, 5.74) is -1.01. The summed E-state index contributed by atoms with van der Waals surface area (Å²) in [6, 6.07) is 8.08. The molecule has 0 aliphatic carbocycles. The van der Waals surface area contributed by atoms with E-state index >= 15 is 0 Å². The maximum Gasteiger partial charge on any atom is 0.295 e. The lowest BCUT2D eigenvalue weighted by atomic mass is 10.1. The quantitative estimate of drug-likeness (QED) is 0.524. The maximum absolute atomic E-state index is 12.6. The highest BCUT2D eigenvalue weighted by Crippen LogP contribution is 2.33. The molecule has 0 atom stereocenters. The minimum Gasteiger partial charge on any atom is -0.267 e. The molecule has 0 saturated heterocycles. The summed E-state index contributed by atoms with van der Waals surface area (Å²) in [6.45, 7) is 0. The number of nitrogens with zero attached hydrogens (tertiary/aromatic N) is 5. The maximum atomic E-state index is 12.6. The van der Waals surface area contributed by atoms with Gasteiger partial charge in [0.1, 0.15) is 10.5 Å². The summed E-state index contributed by atoms with van der Waals surface area (Å²) < 4.78 is 0.879. The van der Waals surface area contributed by atoms with Gasteiger partial charge in [0.05, 0.1) is 27.0 Å². The van der Waals surface area contributed by atoms with Crippen molar-refractivity contribution in [3.63, 3.8) is 0 Å². The number of fused-ring (bicyclic) bond motifs is 1. The molecule has 0 aliphatic rings. The second-order valence-electron chi connectivity index (χ2n) is 4.64. The van der Waals surface area contributed by atoms with Crippen molar-refractivity contribution in [3.05, 3.63) is 67.2 Å². The first-order chi connectivity index (χ1) is 11.4. The molecule has 3 rings (SSSR count). The van der Waals surface area contributed by atoms with Crippen molar-refractivity contribution in [2.75, 3.05) is 0 Å². The molecule has 0 aliphatic heterocycles. The molecule has 11 heteroatoms. The van der Waals surface area contributed by atoms with Crippen molar-refractivity contribution in [2.24, 2.45) is 0 Å². The molecule has 0 fully saturated rings. The zero-order chi connectivity index (χ0) is 17.4. The number of hydrogen-bond donors (Lipinski definition) is 0. The third-order valence-corrected chi connectivity index (χ3v) is 3.62. The Morgan fingerprint density at radius 3 is 2.50 bits per heavy atom. The number of carbonyl (C=O) groups excluding carboxylic acids is 1. The van der Waals surface area contributed by atoms with Crippen LogP contribution in [0, 0.1) is 20.2 Å². The second-order valence-corrected chi connectivity index (χ2v) is 5.01. The molecule has 1 aromatic heterocycles. The zero-order valence-electron chi connectivity index (χ0n) is 11.6. The highest BCUT2D eigenvalue weighted by molar-refractivity contribution is 6.36. The minimum absolute atomic E-state index is 0.340. The van der Waals surface area contributed by atoms with Crippen LogP contribution >= 0.6 is 11.6 Å². The molecule has 2 aromatic carbocycles. The fraction of sp³-hybridized carbons (Fsp3) is 0. The van der Waals surface area contributed by atoms with Gasteiger partial charge < -0.3 is 0 Å². The first kappa shape index (κ1) is 15.5. The molecule has 0 unspecified atom stereocenters. The Balaban J connectivity index is 2.23. The summed E-state index contributed by atoms with van der Waals surface area (Å²) in [4.78, 5) is 32.9. The standard InChI is InChI=1S/C13H6ClN5O5/c14-12-8(5-7(18(21)22)6-11(12)19(23)24)13(20)17-10-4-2-1-3-9(10)15-16-17/h1-6H.